The van der Waals surface area contributed by atoms with Gasteiger partial charge < -0.3 is 9.64 Å². The molecule has 6 nitrogen and oxygen atoms in total. The maximum atomic E-state index is 14.2. The highest BCUT2D eigenvalue weighted by Crippen LogP contribution is 2.40. The summed E-state index contributed by atoms with van der Waals surface area (Å²) in [6.07, 6.45) is 1.58. The van der Waals surface area contributed by atoms with Crippen LogP contribution in [0.2, 0.25) is 0 Å². The van der Waals surface area contributed by atoms with Crippen LogP contribution in [0, 0.1) is 23.1 Å². The van der Waals surface area contributed by atoms with Crippen LogP contribution >= 0.6 is 0 Å². The first-order valence-electron chi connectivity index (χ1n) is 9.76. The molecule has 0 atom stereocenters. The topological polar surface area (TPSA) is 55.5 Å². The molecule has 4 aromatic rings. The van der Waals surface area contributed by atoms with Crippen molar-refractivity contribution in [1.82, 2.24) is 19.6 Å². The number of nitrogens with zero attached hydrogens (tertiary/aromatic N) is 5. The van der Waals surface area contributed by atoms with E-state index in [1.165, 1.54) is 12.1 Å². The largest absolute Gasteiger partial charge is 0.488 e. The first-order valence-corrected chi connectivity index (χ1v) is 9.76. The van der Waals surface area contributed by atoms with Crippen molar-refractivity contribution in [3.05, 3.63) is 54.1 Å². The number of halogens is 1. The minimum atomic E-state index is -0.323. The second-order valence-electron chi connectivity index (χ2n) is 8.25. The van der Waals surface area contributed by atoms with Crippen LogP contribution in [0.1, 0.15) is 26.3 Å². The maximum Gasteiger partial charge on any atom is 0.257 e. The van der Waals surface area contributed by atoms with Gasteiger partial charge in [-0.3, -0.25) is 4.40 Å². The Kier molecular flexibility index (Phi) is 4.10. The number of rotatable bonds is 1. The zero-order chi connectivity index (χ0) is 20.9. The Morgan fingerprint density at radius 1 is 1.17 bits per heavy atom. The molecule has 30 heavy (non-hydrogen) atoms. The van der Waals surface area contributed by atoms with Crippen molar-refractivity contribution in [2.24, 2.45) is 5.41 Å². The second-order valence-corrected chi connectivity index (χ2v) is 8.25. The van der Waals surface area contributed by atoms with E-state index >= 15 is 0 Å². The molecule has 2 aromatic carbocycles. The molecule has 0 unspecified atom stereocenters. The zero-order valence-corrected chi connectivity index (χ0v) is 17.0. The summed E-state index contributed by atoms with van der Waals surface area (Å²) < 4.78 is 21.9. The number of aromatic nitrogens is 4. The minimum Gasteiger partial charge on any atom is -0.488 e. The summed E-state index contributed by atoms with van der Waals surface area (Å²) in [6.45, 7) is 7.26. The zero-order valence-electron chi connectivity index (χ0n) is 17.0. The van der Waals surface area contributed by atoms with Crippen LogP contribution in [0.4, 0.5) is 15.9 Å². The Labute approximate surface area is 173 Å². The molecular weight excluding hydrogens is 381 g/mol. The predicted octanol–water partition coefficient (Wildman–Crippen LogP) is 4.34. The van der Waals surface area contributed by atoms with Gasteiger partial charge >= 0.3 is 0 Å². The van der Waals surface area contributed by atoms with Gasteiger partial charge in [0.25, 0.3) is 5.78 Å². The molecule has 1 aliphatic rings. The molecule has 0 radical (unpaired) electrons. The molecule has 0 fully saturated rings. The molecule has 7 heteroatoms. The third-order valence-electron chi connectivity index (χ3n) is 4.87. The molecule has 1 aliphatic heterocycles. The van der Waals surface area contributed by atoms with E-state index in [2.05, 4.69) is 42.8 Å². The lowest BCUT2D eigenvalue weighted by molar-refractivity contribution is 0.313. The van der Waals surface area contributed by atoms with E-state index in [1.807, 2.05) is 23.1 Å². The predicted molar refractivity (Wildman–Crippen MR) is 114 cm³/mol. The van der Waals surface area contributed by atoms with E-state index in [9.17, 15) is 4.39 Å². The average Bonchev–Trinajstić information content (AvgIpc) is 3.19. The number of ether oxygens (including phenoxy) is 1. The number of para-hydroxylation sites is 1. The van der Waals surface area contributed by atoms with Gasteiger partial charge in [0.05, 0.1) is 23.3 Å². The molecule has 0 bridgehead atoms. The number of benzene rings is 2. The normalized spacial score (nSPS) is 13.7. The van der Waals surface area contributed by atoms with Crippen LogP contribution in [0.25, 0.3) is 16.7 Å². The number of hydrogen-bond donors (Lipinski definition) is 0. The van der Waals surface area contributed by atoms with Crippen molar-refractivity contribution in [3.63, 3.8) is 0 Å². The molecule has 0 aliphatic carbocycles. The molecule has 3 heterocycles. The summed E-state index contributed by atoms with van der Waals surface area (Å²) in [7, 11) is 0. The van der Waals surface area contributed by atoms with Crippen molar-refractivity contribution in [2.75, 3.05) is 18.1 Å². The molecule has 0 N–H and O–H groups in total. The quantitative estimate of drug-likeness (QED) is 0.444. The SMILES string of the molecule is CC(C)(C)C#Cc1cccc2c1OCCN2c1nc2nncn2c2ccc(F)cc12. The van der Waals surface area contributed by atoms with E-state index < -0.39 is 0 Å². The van der Waals surface area contributed by atoms with Crippen molar-refractivity contribution < 1.29 is 9.13 Å². The van der Waals surface area contributed by atoms with Gasteiger partial charge in [0.15, 0.2) is 5.75 Å². The highest BCUT2D eigenvalue weighted by atomic mass is 19.1. The third-order valence-corrected chi connectivity index (χ3v) is 4.87. The summed E-state index contributed by atoms with van der Waals surface area (Å²) in [5, 5.41) is 8.75. The molecule has 0 saturated heterocycles. The lowest BCUT2D eigenvalue weighted by atomic mass is 9.97. The molecule has 0 spiro atoms. The highest BCUT2D eigenvalue weighted by Gasteiger charge is 2.25. The van der Waals surface area contributed by atoms with Crippen LogP contribution in [-0.4, -0.2) is 32.7 Å². The third kappa shape index (κ3) is 3.11. The second kappa shape index (κ2) is 6.70. The summed E-state index contributed by atoms with van der Waals surface area (Å²) >= 11 is 0. The average molecular weight is 401 g/mol. The lowest BCUT2D eigenvalue weighted by Gasteiger charge is -2.31. The number of fused-ring (bicyclic) bond motifs is 4. The van der Waals surface area contributed by atoms with Crippen LogP contribution < -0.4 is 9.64 Å². The van der Waals surface area contributed by atoms with E-state index in [0.29, 0.717) is 35.9 Å². The summed E-state index contributed by atoms with van der Waals surface area (Å²) in [5.41, 5.74) is 2.35. The van der Waals surface area contributed by atoms with Crippen LogP contribution in [0.3, 0.4) is 0 Å². The Bertz CT molecular complexity index is 1340. The minimum absolute atomic E-state index is 0.120. The smallest absolute Gasteiger partial charge is 0.257 e. The molecule has 2 aromatic heterocycles. The van der Waals surface area contributed by atoms with E-state index in [-0.39, 0.29) is 11.2 Å². The van der Waals surface area contributed by atoms with Gasteiger partial charge in [0.1, 0.15) is 24.6 Å². The van der Waals surface area contributed by atoms with Crippen molar-refractivity contribution >= 4 is 28.2 Å². The van der Waals surface area contributed by atoms with Gasteiger partial charge in [-0.15, -0.1) is 10.2 Å². The first-order chi connectivity index (χ1) is 14.4. The molecule has 0 saturated carbocycles. The van der Waals surface area contributed by atoms with Crippen LogP contribution in [-0.2, 0) is 0 Å². The summed E-state index contributed by atoms with van der Waals surface area (Å²) in [6, 6.07) is 10.5. The number of anilines is 2. The van der Waals surface area contributed by atoms with Gasteiger partial charge in [-0.1, -0.05) is 17.9 Å². The van der Waals surface area contributed by atoms with Gasteiger partial charge in [0, 0.05) is 10.8 Å². The van der Waals surface area contributed by atoms with Gasteiger partial charge in [-0.05, 0) is 51.1 Å². The fraction of sp³-hybridized carbons (Fsp3) is 0.261. The monoisotopic (exact) mass is 401 g/mol. The van der Waals surface area contributed by atoms with E-state index in [4.69, 9.17) is 9.72 Å². The van der Waals surface area contributed by atoms with Gasteiger partial charge in [0.2, 0.25) is 0 Å². The molecule has 5 rings (SSSR count). The standard InChI is InChI=1S/C23H20FN5O/c1-23(2,3)10-9-15-5-4-6-19-20(15)30-12-11-28(19)21-17-13-16(24)7-8-18(17)29-14-25-27-22(29)26-21/h4-8,13-14H,11-12H2,1-3H3. The van der Waals surface area contributed by atoms with Gasteiger partial charge in [-0.25, -0.2) is 4.39 Å². The summed E-state index contributed by atoms with van der Waals surface area (Å²) in [4.78, 5) is 6.74. The number of hydrogen-bond acceptors (Lipinski definition) is 5. The van der Waals surface area contributed by atoms with Gasteiger partial charge in [-0.2, -0.15) is 4.98 Å². The Morgan fingerprint density at radius 3 is 2.87 bits per heavy atom. The van der Waals surface area contributed by atoms with Crippen molar-refractivity contribution in [1.29, 1.82) is 0 Å². The summed E-state index contributed by atoms with van der Waals surface area (Å²) in [5.74, 6) is 7.99. The van der Waals surface area contributed by atoms with E-state index in [1.54, 1.807) is 16.8 Å². The van der Waals surface area contributed by atoms with Crippen LogP contribution in [0.5, 0.6) is 5.75 Å². The highest BCUT2D eigenvalue weighted by molar-refractivity contribution is 5.94. The fourth-order valence-corrected chi connectivity index (χ4v) is 3.55. The maximum absolute atomic E-state index is 14.2. The van der Waals surface area contributed by atoms with Crippen molar-refractivity contribution in [3.8, 4) is 17.6 Å². The fourth-order valence-electron chi connectivity index (χ4n) is 3.55. The molecular formula is C23H20FN5O. The van der Waals surface area contributed by atoms with Crippen LogP contribution in [0.15, 0.2) is 42.7 Å². The van der Waals surface area contributed by atoms with E-state index in [0.717, 1.165) is 16.8 Å². The Balaban J connectivity index is 1.73. The lowest BCUT2D eigenvalue weighted by Crippen LogP contribution is -2.30. The molecule has 150 valence electrons. The van der Waals surface area contributed by atoms with Crippen molar-refractivity contribution in [2.45, 2.75) is 20.8 Å². The first kappa shape index (κ1) is 18.4. The Morgan fingerprint density at radius 2 is 2.03 bits per heavy atom. The Hall–Kier alpha value is -3.66. The molecule has 0 amide bonds.